The van der Waals surface area contributed by atoms with Gasteiger partial charge in [0.15, 0.2) is 0 Å². The number of isocyanates is 1. The van der Waals surface area contributed by atoms with Crippen molar-refractivity contribution in [3.63, 3.8) is 0 Å². The Hall–Kier alpha value is -1.40. The summed E-state index contributed by atoms with van der Waals surface area (Å²) >= 11 is 0. The lowest BCUT2D eigenvalue weighted by Crippen LogP contribution is -2.19. The van der Waals surface area contributed by atoms with E-state index in [0.717, 1.165) is 31.2 Å². The van der Waals surface area contributed by atoms with Gasteiger partial charge in [-0.2, -0.15) is 4.99 Å². The van der Waals surface area contributed by atoms with Crippen molar-refractivity contribution in [2.45, 2.75) is 57.4 Å². The Morgan fingerprint density at radius 2 is 1.67 bits per heavy atom. The van der Waals surface area contributed by atoms with E-state index in [1.165, 1.54) is 5.56 Å². The molecular formula is C16H21NO. The zero-order chi connectivity index (χ0) is 13.2. The standard InChI is InChI=1S/C16H21NO/c1-15(2,3)13-6-8-14(9-7-13)16(17-12-18)10-4-5-11-16/h6-9H,4-5,10-11H2,1-3H3. The van der Waals surface area contributed by atoms with Crippen molar-refractivity contribution in [1.82, 2.24) is 0 Å². The fourth-order valence-corrected chi connectivity index (χ4v) is 2.79. The van der Waals surface area contributed by atoms with E-state index in [-0.39, 0.29) is 11.0 Å². The van der Waals surface area contributed by atoms with Crippen LogP contribution in [0.25, 0.3) is 0 Å². The van der Waals surface area contributed by atoms with Crippen LogP contribution in [-0.4, -0.2) is 6.08 Å². The normalized spacial score (nSPS) is 18.4. The Balaban J connectivity index is 2.36. The molecule has 2 heteroatoms. The Kier molecular flexibility index (Phi) is 3.41. The molecule has 0 radical (unpaired) electrons. The van der Waals surface area contributed by atoms with Gasteiger partial charge < -0.3 is 0 Å². The minimum Gasteiger partial charge on any atom is -0.211 e. The second kappa shape index (κ2) is 4.70. The average molecular weight is 243 g/mol. The minimum absolute atomic E-state index is 0.162. The lowest BCUT2D eigenvalue weighted by molar-refractivity contribution is 0.455. The number of carbonyl (C=O) groups excluding carboxylic acids is 1. The van der Waals surface area contributed by atoms with Gasteiger partial charge in [-0.15, -0.1) is 0 Å². The molecule has 1 aromatic carbocycles. The van der Waals surface area contributed by atoms with Crippen LogP contribution in [0.15, 0.2) is 29.3 Å². The fourth-order valence-electron chi connectivity index (χ4n) is 2.79. The summed E-state index contributed by atoms with van der Waals surface area (Å²) in [5.41, 5.74) is 2.35. The van der Waals surface area contributed by atoms with Crippen LogP contribution in [0.4, 0.5) is 0 Å². The van der Waals surface area contributed by atoms with Crippen molar-refractivity contribution in [2.24, 2.45) is 4.99 Å². The van der Waals surface area contributed by atoms with E-state index in [1.807, 2.05) is 0 Å². The Bertz CT molecular complexity index is 455. The van der Waals surface area contributed by atoms with Gasteiger partial charge in [0.1, 0.15) is 0 Å². The van der Waals surface area contributed by atoms with Gasteiger partial charge in [-0.1, -0.05) is 57.9 Å². The summed E-state index contributed by atoms with van der Waals surface area (Å²) in [4.78, 5) is 14.8. The maximum atomic E-state index is 10.7. The van der Waals surface area contributed by atoms with E-state index in [4.69, 9.17) is 0 Å². The maximum Gasteiger partial charge on any atom is 0.235 e. The van der Waals surface area contributed by atoms with Gasteiger partial charge in [0.25, 0.3) is 0 Å². The second-order valence-electron chi connectivity index (χ2n) is 6.27. The molecule has 0 atom stereocenters. The molecule has 0 aromatic heterocycles. The van der Waals surface area contributed by atoms with Crippen LogP contribution in [0.2, 0.25) is 0 Å². The summed E-state index contributed by atoms with van der Waals surface area (Å²) in [6, 6.07) is 8.59. The van der Waals surface area contributed by atoms with Crippen LogP contribution >= 0.6 is 0 Å². The van der Waals surface area contributed by atoms with Gasteiger partial charge in [0.05, 0.1) is 5.54 Å². The number of benzene rings is 1. The molecule has 0 bridgehead atoms. The van der Waals surface area contributed by atoms with Crippen LogP contribution in [0.1, 0.15) is 57.6 Å². The molecule has 2 rings (SSSR count). The number of rotatable bonds is 2. The van der Waals surface area contributed by atoms with Crippen LogP contribution in [-0.2, 0) is 15.7 Å². The zero-order valence-corrected chi connectivity index (χ0v) is 11.5. The van der Waals surface area contributed by atoms with E-state index < -0.39 is 0 Å². The van der Waals surface area contributed by atoms with Crippen molar-refractivity contribution >= 4 is 6.08 Å². The molecule has 0 aliphatic heterocycles. The lowest BCUT2D eigenvalue weighted by atomic mass is 9.83. The summed E-state index contributed by atoms with van der Waals surface area (Å²) in [6.45, 7) is 6.62. The SMILES string of the molecule is CC(C)(C)c1ccc(C2(N=C=O)CCCC2)cc1. The first-order valence-corrected chi connectivity index (χ1v) is 6.68. The van der Waals surface area contributed by atoms with Gasteiger partial charge in [-0.3, -0.25) is 0 Å². The highest BCUT2D eigenvalue weighted by Gasteiger charge is 2.35. The van der Waals surface area contributed by atoms with E-state index in [1.54, 1.807) is 6.08 Å². The topological polar surface area (TPSA) is 29.4 Å². The smallest absolute Gasteiger partial charge is 0.211 e. The predicted octanol–water partition coefficient (Wildman–Crippen LogP) is 4.09. The first-order chi connectivity index (χ1) is 8.48. The van der Waals surface area contributed by atoms with Crippen molar-refractivity contribution in [2.75, 3.05) is 0 Å². The highest BCUT2D eigenvalue weighted by molar-refractivity contribution is 5.40. The molecule has 1 aliphatic carbocycles. The zero-order valence-electron chi connectivity index (χ0n) is 11.5. The third-order valence-corrected chi connectivity index (χ3v) is 3.98. The largest absolute Gasteiger partial charge is 0.235 e. The van der Waals surface area contributed by atoms with Crippen molar-refractivity contribution in [3.8, 4) is 0 Å². The molecule has 96 valence electrons. The van der Waals surface area contributed by atoms with Crippen LogP contribution in [0, 0.1) is 0 Å². The van der Waals surface area contributed by atoms with Gasteiger partial charge in [-0.25, -0.2) is 4.79 Å². The molecule has 0 saturated heterocycles. The van der Waals surface area contributed by atoms with Crippen molar-refractivity contribution < 1.29 is 4.79 Å². The van der Waals surface area contributed by atoms with Crippen molar-refractivity contribution in [3.05, 3.63) is 35.4 Å². The lowest BCUT2D eigenvalue weighted by Gasteiger charge is -2.25. The highest BCUT2D eigenvalue weighted by atomic mass is 16.1. The van der Waals surface area contributed by atoms with E-state index in [2.05, 4.69) is 50.0 Å². The second-order valence-corrected chi connectivity index (χ2v) is 6.27. The Morgan fingerprint density at radius 1 is 1.11 bits per heavy atom. The first kappa shape index (κ1) is 13.0. The third kappa shape index (κ3) is 2.39. The summed E-state index contributed by atoms with van der Waals surface area (Å²) in [5.74, 6) is 0. The molecule has 0 N–H and O–H groups in total. The fraction of sp³-hybridized carbons (Fsp3) is 0.562. The van der Waals surface area contributed by atoms with Gasteiger partial charge >= 0.3 is 0 Å². The van der Waals surface area contributed by atoms with E-state index in [9.17, 15) is 4.79 Å². The van der Waals surface area contributed by atoms with Crippen LogP contribution in [0.5, 0.6) is 0 Å². The van der Waals surface area contributed by atoms with Gasteiger partial charge in [0, 0.05) is 0 Å². The Labute approximate surface area is 109 Å². The molecule has 1 saturated carbocycles. The number of nitrogens with zero attached hydrogens (tertiary/aromatic N) is 1. The minimum atomic E-state index is -0.293. The van der Waals surface area contributed by atoms with Gasteiger partial charge in [-0.05, 0) is 29.4 Å². The van der Waals surface area contributed by atoms with E-state index >= 15 is 0 Å². The monoisotopic (exact) mass is 243 g/mol. The number of hydrogen-bond acceptors (Lipinski definition) is 2. The number of aliphatic imine (C=N–C) groups is 1. The highest BCUT2D eigenvalue weighted by Crippen LogP contribution is 2.42. The molecule has 2 nitrogen and oxygen atoms in total. The summed E-state index contributed by atoms with van der Waals surface area (Å²) in [6.07, 6.45) is 6.00. The number of hydrogen-bond donors (Lipinski definition) is 0. The molecular weight excluding hydrogens is 222 g/mol. The summed E-state index contributed by atoms with van der Waals surface area (Å²) in [5, 5.41) is 0. The molecule has 18 heavy (non-hydrogen) atoms. The third-order valence-electron chi connectivity index (χ3n) is 3.98. The summed E-state index contributed by atoms with van der Waals surface area (Å²) < 4.78 is 0. The van der Waals surface area contributed by atoms with Gasteiger partial charge in [0.2, 0.25) is 6.08 Å². The van der Waals surface area contributed by atoms with E-state index in [0.29, 0.717) is 0 Å². The Morgan fingerprint density at radius 3 is 2.11 bits per heavy atom. The van der Waals surface area contributed by atoms with Crippen LogP contribution < -0.4 is 0 Å². The molecule has 1 fully saturated rings. The van der Waals surface area contributed by atoms with Crippen molar-refractivity contribution in [1.29, 1.82) is 0 Å². The quantitative estimate of drug-likeness (QED) is 0.568. The molecule has 1 aromatic rings. The molecule has 0 spiro atoms. The molecule has 0 unspecified atom stereocenters. The first-order valence-electron chi connectivity index (χ1n) is 6.68. The molecule has 0 amide bonds. The molecule has 1 aliphatic rings. The van der Waals surface area contributed by atoms with Crippen LogP contribution in [0.3, 0.4) is 0 Å². The average Bonchev–Trinajstić information content (AvgIpc) is 2.78. The predicted molar refractivity (Wildman–Crippen MR) is 73.4 cm³/mol. The summed E-state index contributed by atoms with van der Waals surface area (Å²) in [7, 11) is 0. The maximum absolute atomic E-state index is 10.7. The molecule has 0 heterocycles.